The topological polar surface area (TPSA) is 56.1 Å². The number of ether oxygens (including phenoxy) is 1. The second-order valence-corrected chi connectivity index (χ2v) is 8.19. The summed E-state index contributed by atoms with van der Waals surface area (Å²) >= 11 is 0. The lowest BCUT2D eigenvalue weighted by Gasteiger charge is -2.14. The van der Waals surface area contributed by atoms with E-state index >= 15 is 0 Å². The van der Waals surface area contributed by atoms with Crippen LogP contribution in [0.5, 0.6) is 0 Å². The van der Waals surface area contributed by atoms with E-state index < -0.39 is 0 Å². The van der Waals surface area contributed by atoms with Gasteiger partial charge in [-0.3, -0.25) is 0 Å². The van der Waals surface area contributed by atoms with Crippen molar-refractivity contribution >= 4 is 11.8 Å². The van der Waals surface area contributed by atoms with Crippen LogP contribution in [0.25, 0.3) is 5.69 Å². The Morgan fingerprint density at radius 2 is 1.79 bits per heavy atom. The molecule has 29 heavy (non-hydrogen) atoms. The fourth-order valence-corrected chi connectivity index (χ4v) is 3.23. The summed E-state index contributed by atoms with van der Waals surface area (Å²) in [5.74, 6) is 0.639. The highest BCUT2D eigenvalue weighted by Gasteiger charge is 2.21. The Labute approximate surface area is 172 Å². The number of methoxy groups -OCH3 is 1. The molecule has 1 N–H and O–H groups in total. The molecule has 3 aromatic rings. The van der Waals surface area contributed by atoms with E-state index in [1.165, 1.54) is 7.11 Å². The van der Waals surface area contributed by atoms with Crippen LogP contribution in [0, 0.1) is 6.92 Å². The van der Waals surface area contributed by atoms with E-state index in [-0.39, 0.29) is 11.4 Å². The third-order valence-corrected chi connectivity index (χ3v) is 4.94. The molecule has 1 heterocycles. The van der Waals surface area contributed by atoms with E-state index in [1.54, 1.807) is 6.07 Å². The molecule has 0 aliphatic heterocycles. The van der Waals surface area contributed by atoms with Gasteiger partial charge in [-0.25, -0.2) is 9.48 Å². The number of nitrogens with one attached hydrogen (secondary N) is 1. The first kappa shape index (κ1) is 20.6. The van der Waals surface area contributed by atoms with E-state index in [2.05, 4.69) is 51.2 Å². The van der Waals surface area contributed by atoms with Crippen LogP contribution in [-0.2, 0) is 16.6 Å². The van der Waals surface area contributed by atoms with Gasteiger partial charge < -0.3 is 10.1 Å². The highest BCUT2D eigenvalue weighted by Crippen LogP contribution is 2.27. The molecule has 3 rings (SSSR count). The van der Waals surface area contributed by atoms with Gasteiger partial charge in [-0.2, -0.15) is 5.10 Å². The summed E-state index contributed by atoms with van der Waals surface area (Å²) in [5, 5.41) is 8.39. The summed E-state index contributed by atoms with van der Waals surface area (Å²) in [6, 6.07) is 17.9. The molecule has 0 amide bonds. The molecule has 0 atom stereocenters. The van der Waals surface area contributed by atoms with E-state index in [0.717, 1.165) is 28.3 Å². The van der Waals surface area contributed by atoms with Gasteiger partial charge in [0.2, 0.25) is 0 Å². The molecular weight excluding hydrogens is 362 g/mol. The van der Waals surface area contributed by atoms with Crippen LogP contribution in [0.2, 0.25) is 0 Å². The van der Waals surface area contributed by atoms with Crippen LogP contribution in [0.15, 0.2) is 54.6 Å². The molecular formula is C24H29N3O2. The van der Waals surface area contributed by atoms with E-state index in [4.69, 9.17) is 9.84 Å². The number of aromatic nitrogens is 2. The number of aryl methyl sites for hydroxylation is 1. The second kappa shape index (κ2) is 8.52. The monoisotopic (exact) mass is 391 g/mol. The normalized spacial score (nSPS) is 11.3. The number of anilines is 1. The van der Waals surface area contributed by atoms with Crippen molar-refractivity contribution in [2.75, 3.05) is 19.0 Å². The van der Waals surface area contributed by atoms with Gasteiger partial charge in [-0.15, -0.1) is 0 Å². The molecule has 0 aliphatic carbocycles. The number of para-hydroxylation sites is 1. The minimum atomic E-state index is -0.305. The van der Waals surface area contributed by atoms with Crippen LogP contribution >= 0.6 is 0 Å². The number of carbonyl (C=O) groups is 1. The molecule has 0 aliphatic rings. The largest absolute Gasteiger partial charge is 0.465 e. The van der Waals surface area contributed by atoms with Crippen LogP contribution in [-0.4, -0.2) is 29.4 Å². The maximum Gasteiger partial charge on any atom is 0.338 e. The minimum Gasteiger partial charge on any atom is -0.465 e. The van der Waals surface area contributed by atoms with Gasteiger partial charge in [0.1, 0.15) is 5.82 Å². The molecule has 0 fully saturated rings. The van der Waals surface area contributed by atoms with Crippen LogP contribution in [0.3, 0.4) is 0 Å². The summed E-state index contributed by atoms with van der Waals surface area (Å²) in [5.41, 5.74) is 4.76. The smallest absolute Gasteiger partial charge is 0.338 e. The molecule has 0 unspecified atom stereocenters. The van der Waals surface area contributed by atoms with Gasteiger partial charge in [-0.1, -0.05) is 57.2 Å². The van der Waals surface area contributed by atoms with Gasteiger partial charge in [-0.05, 0) is 36.6 Å². The Morgan fingerprint density at radius 1 is 1.10 bits per heavy atom. The molecule has 5 heteroatoms. The lowest BCUT2D eigenvalue weighted by atomic mass is 9.92. The number of nitrogens with zero attached hydrogens (tertiary/aromatic N) is 2. The Hall–Kier alpha value is -3.08. The Bertz CT molecular complexity index is 999. The van der Waals surface area contributed by atoms with Crippen molar-refractivity contribution < 1.29 is 9.53 Å². The molecule has 0 radical (unpaired) electrons. The van der Waals surface area contributed by atoms with Crippen molar-refractivity contribution in [1.82, 2.24) is 9.78 Å². The zero-order chi connectivity index (χ0) is 21.0. The van der Waals surface area contributed by atoms with Gasteiger partial charge in [0.15, 0.2) is 0 Å². The molecule has 1 aromatic heterocycles. The predicted octanol–water partition coefficient (Wildman–Crippen LogP) is 4.92. The highest BCUT2D eigenvalue weighted by molar-refractivity contribution is 5.91. The SMILES string of the molecule is COC(=O)c1ccccc1CCNc1cc(C(C)(C)C)nn1-c1ccccc1C. The average molecular weight is 392 g/mol. The lowest BCUT2D eigenvalue weighted by Crippen LogP contribution is -2.13. The maximum atomic E-state index is 12.0. The van der Waals surface area contributed by atoms with Crippen molar-refractivity contribution in [2.24, 2.45) is 0 Å². The fraction of sp³-hybridized carbons (Fsp3) is 0.333. The quantitative estimate of drug-likeness (QED) is 0.606. The van der Waals surface area contributed by atoms with Gasteiger partial charge in [0.05, 0.1) is 24.1 Å². The summed E-state index contributed by atoms with van der Waals surface area (Å²) < 4.78 is 6.87. The second-order valence-electron chi connectivity index (χ2n) is 8.19. The number of benzene rings is 2. The summed E-state index contributed by atoms with van der Waals surface area (Å²) in [6.45, 7) is 9.25. The Balaban J connectivity index is 1.85. The Kier molecular flexibility index (Phi) is 6.06. The standard InChI is InChI=1S/C24H29N3O2/c1-17-10-6-9-13-20(17)27-22(16-21(26-27)24(2,3)4)25-15-14-18-11-7-8-12-19(18)23(28)29-5/h6-13,16,25H,14-15H2,1-5H3. The predicted molar refractivity (Wildman–Crippen MR) is 117 cm³/mol. The van der Waals surface area contributed by atoms with Crippen LogP contribution in [0.1, 0.15) is 48.0 Å². The third-order valence-electron chi connectivity index (χ3n) is 4.94. The van der Waals surface area contributed by atoms with E-state index in [0.29, 0.717) is 18.5 Å². The zero-order valence-electron chi connectivity index (χ0n) is 17.8. The van der Waals surface area contributed by atoms with Crippen molar-refractivity contribution in [2.45, 2.75) is 39.5 Å². The molecule has 5 nitrogen and oxygen atoms in total. The first-order valence-electron chi connectivity index (χ1n) is 9.88. The van der Waals surface area contributed by atoms with Crippen LogP contribution in [0.4, 0.5) is 5.82 Å². The average Bonchev–Trinajstić information content (AvgIpc) is 3.12. The van der Waals surface area contributed by atoms with E-state index in [1.807, 2.05) is 35.0 Å². The van der Waals surface area contributed by atoms with Crippen molar-refractivity contribution in [3.8, 4) is 5.69 Å². The number of rotatable bonds is 6. The molecule has 0 spiro atoms. The van der Waals surface area contributed by atoms with Gasteiger partial charge >= 0.3 is 5.97 Å². The Morgan fingerprint density at radius 3 is 2.48 bits per heavy atom. The number of hydrogen-bond donors (Lipinski definition) is 1. The maximum absolute atomic E-state index is 12.0. The van der Waals surface area contributed by atoms with Crippen LogP contribution < -0.4 is 5.32 Å². The number of carbonyl (C=O) groups excluding carboxylic acids is 1. The molecule has 0 saturated heterocycles. The van der Waals surface area contributed by atoms with Crippen molar-refractivity contribution in [3.05, 3.63) is 77.0 Å². The number of hydrogen-bond acceptors (Lipinski definition) is 4. The summed E-state index contributed by atoms with van der Waals surface area (Å²) in [7, 11) is 1.41. The lowest BCUT2D eigenvalue weighted by molar-refractivity contribution is 0.0599. The first-order chi connectivity index (χ1) is 13.8. The van der Waals surface area contributed by atoms with Crippen molar-refractivity contribution in [1.29, 1.82) is 0 Å². The molecule has 152 valence electrons. The molecule has 2 aromatic carbocycles. The summed E-state index contributed by atoms with van der Waals surface area (Å²) in [4.78, 5) is 12.0. The molecule has 0 bridgehead atoms. The minimum absolute atomic E-state index is 0.0537. The fourth-order valence-electron chi connectivity index (χ4n) is 3.23. The summed E-state index contributed by atoms with van der Waals surface area (Å²) in [6.07, 6.45) is 0.703. The van der Waals surface area contributed by atoms with Gasteiger partial charge in [0.25, 0.3) is 0 Å². The highest BCUT2D eigenvalue weighted by atomic mass is 16.5. The first-order valence-corrected chi connectivity index (χ1v) is 9.88. The number of esters is 1. The molecule has 0 saturated carbocycles. The van der Waals surface area contributed by atoms with E-state index in [9.17, 15) is 4.79 Å². The zero-order valence-corrected chi connectivity index (χ0v) is 17.8. The van der Waals surface area contributed by atoms with Crippen molar-refractivity contribution in [3.63, 3.8) is 0 Å². The third kappa shape index (κ3) is 4.67. The van der Waals surface area contributed by atoms with Gasteiger partial charge in [0, 0.05) is 18.0 Å².